The van der Waals surface area contributed by atoms with Crippen molar-refractivity contribution in [2.24, 2.45) is 0 Å². The fourth-order valence-corrected chi connectivity index (χ4v) is 7.17. The summed E-state index contributed by atoms with van der Waals surface area (Å²) >= 11 is 0. The molecule has 0 aliphatic heterocycles. The Balaban J connectivity index is 1.68. The summed E-state index contributed by atoms with van der Waals surface area (Å²) in [6.07, 6.45) is 0.210. The molecule has 7 rings (SSSR count). The van der Waals surface area contributed by atoms with Gasteiger partial charge in [0.15, 0.2) is 0 Å². The summed E-state index contributed by atoms with van der Waals surface area (Å²) in [5.41, 5.74) is 2.42. The van der Waals surface area contributed by atoms with Gasteiger partial charge in [0.1, 0.15) is 34.9 Å². The first-order chi connectivity index (χ1) is 24.2. The lowest BCUT2D eigenvalue weighted by molar-refractivity contribution is 0.577. The van der Waals surface area contributed by atoms with Crippen LogP contribution in [0.2, 0.25) is 0 Å². The predicted molar refractivity (Wildman–Crippen MR) is 175 cm³/mol. The molecule has 5 aromatic rings. The maximum absolute atomic E-state index is 14.9. The fourth-order valence-electron chi connectivity index (χ4n) is 7.17. The largest absolute Gasteiger partial charge is 0.269 e. The number of nitriles is 3. The maximum Gasteiger partial charge on any atom is 0.269 e. The van der Waals surface area contributed by atoms with E-state index in [1.54, 1.807) is 36.4 Å². The van der Waals surface area contributed by atoms with Gasteiger partial charge in [-0.25, -0.2) is 42.6 Å². The second-order valence-electron chi connectivity index (χ2n) is 11.5. The van der Waals surface area contributed by atoms with Crippen molar-refractivity contribution in [1.82, 2.24) is 0 Å². The molecule has 2 aliphatic rings. The van der Waals surface area contributed by atoms with Gasteiger partial charge in [-0.2, -0.15) is 5.26 Å². The second-order valence-corrected chi connectivity index (χ2v) is 11.5. The van der Waals surface area contributed by atoms with E-state index in [0.717, 1.165) is 24.3 Å². The second kappa shape index (κ2) is 11.6. The van der Waals surface area contributed by atoms with E-state index < -0.39 is 34.5 Å². The van der Waals surface area contributed by atoms with E-state index >= 15 is 0 Å². The minimum absolute atomic E-state index is 0.0881. The van der Waals surface area contributed by atoms with E-state index in [4.69, 9.17) is 19.7 Å². The van der Waals surface area contributed by atoms with E-state index in [1.165, 1.54) is 6.07 Å². The Bertz CT molecular complexity index is 2560. The molecule has 232 valence electrons. The Morgan fingerprint density at radius 1 is 0.600 bits per heavy atom. The van der Waals surface area contributed by atoms with E-state index in [0.29, 0.717) is 55.6 Å². The lowest BCUT2D eigenvalue weighted by Gasteiger charge is -2.17. The Morgan fingerprint density at radius 3 is 1.38 bits per heavy atom. The smallest absolute Gasteiger partial charge is 0.232 e. The van der Waals surface area contributed by atoms with Crippen LogP contribution in [0.1, 0.15) is 27.8 Å². The molecule has 50 heavy (non-hydrogen) atoms. The van der Waals surface area contributed by atoms with Crippen LogP contribution in [0.4, 0.5) is 23.2 Å². The van der Waals surface area contributed by atoms with Crippen molar-refractivity contribution in [3.05, 3.63) is 156 Å². The molecule has 0 spiro atoms. The van der Waals surface area contributed by atoms with Crippen molar-refractivity contribution in [2.75, 3.05) is 0 Å². The van der Waals surface area contributed by atoms with Crippen LogP contribution in [0.25, 0.3) is 70.4 Å². The van der Waals surface area contributed by atoms with E-state index in [2.05, 4.69) is 14.5 Å². The summed E-state index contributed by atoms with van der Waals surface area (Å²) < 4.78 is 59.8. The molecule has 0 aromatic heterocycles. The van der Waals surface area contributed by atoms with Crippen molar-refractivity contribution >= 4 is 17.1 Å². The lowest BCUT2D eigenvalue weighted by atomic mass is 9.86. The molecule has 0 atom stereocenters. The van der Waals surface area contributed by atoms with Gasteiger partial charge in [-0.15, -0.1) is 0 Å². The summed E-state index contributed by atoms with van der Waals surface area (Å²) in [6.45, 7) is 23.1. The van der Waals surface area contributed by atoms with Crippen molar-refractivity contribution in [2.45, 2.75) is 12.8 Å². The summed E-state index contributed by atoms with van der Waals surface area (Å²) in [5.74, 6) is -4.30. The third-order valence-electron chi connectivity index (χ3n) is 9.06. The minimum atomic E-state index is -1.08. The summed E-state index contributed by atoms with van der Waals surface area (Å²) in [5, 5.41) is 30.2. The van der Waals surface area contributed by atoms with Crippen molar-refractivity contribution < 1.29 is 17.6 Å². The molecule has 0 N–H and O–H groups in total. The predicted octanol–water partition coefficient (Wildman–Crippen LogP) is 8.24. The van der Waals surface area contributed by atoms with Crippen LogP contribution in [0.3, 0.4) is 0 Å². The van der Waals surface area contributed by atoms with Crippen LogP contribution < -0.4 is 10.4 Å². The Morgan fingerprint density at radius 2 is 1.02 bits per heavy atom. The van der Waals surface area contributed by atoms with Gasteiger partial charge in [0.05, 0.1) is 31.9 Å². The zero-order valence-corrected chi connectivity index (χ0v) is 25.4. The highest BCUT2D eigenvalue weighted by molar-refractivity contribution is 6.00. The lowest BCUT2D eigenvalue weighted by Crippen LogP contribution is -2.26. The Kier molecular flexibility index (Phi) is 7.24. The van der Waals surface area contributed by atoms with Gasteiger partial charge in [0.2, 0.25) is 0 Å². The van der Waals surface area contributed by atoms with Gasteiger partial charge in [-0.3, -0.25) is 0 Å². The molecule has 0 amide bonds. The van der Waals surface area contributed by atoms with Crippen molar-refractivity contribution in [3.63, 3.8) is 0 Å². The van der Waals surface area contributed by atoms with Crippen LogP contribution in [-0.2, 0) is 12.8 Å². The monoisotopic (exact) mass is 654 g/mol. The van der Waals surface area contributed by atoms with Crippen LogP contribution in [0.5, 0.6) is 0 Å². The van der Waals surface area contributed by atoms with Gasteiger partial charge >= 0.3 is 0 Å². The first-order valence-electron chi connectivity index (χ1n) is 14.7. The molecular weight excluding hydrogens is 640 g/mol. The molecule has 0 saturated heterocycles. The molecule has 0 unspecified atom stereocenters. The quantitative estimate of drug-likeness (QED) is 0.139. The molecule has 5 aromatic carbocycles. The average Bonchev–Trinajstić information content (AvgIpc) is 3.68. The van der Waals surface area contributed by atoms with E-state index in [1.807, 2.05) is 12.1 Å². The SMILES string of the molecule is [C-]#[N+]/C(C#N)=c1/c2c(/c(=C(\C#N)[N+]#[C-])c3c1-c1c(cccc1-c1cc(F)c([N+]#[C-])c(F)c1)C3)-c1c(cccc1-c1cc(F)c(C#N)c(F)c1)C2. The van der Waals surface area contributed by atoms with Crippen LogP contribution >= 0.6 is 0 Å². The molecule has 6 nitrogen and oxygen atoms in total. The number of hydrogen-bond acceptors (Lipinski definition) is 3. The molecule has 2 aliphatic carbocycles. The molecular formula is C40H14F4N6. The Labute approximate surface area is 282 Å². The van der Waals surface area contributed by atoms with Gasteiger partial charge in [-0.05, 0) is 104 Å². The molecule has 0 fully saturated rings. The standard InChI is InChI=1S/C40H14F4N6/c1-48-32(17-46)36-26-11-20-7-5-9-24(22-14-30(43)40(50-3)31(44)15-22)35(20)39(26)37(33(18-47)49-2)25-10-19-6-4-8-23(34(19)38(25)36)21-12-28(41)27(16-45)29(42)13-21/h4-9,12-15H,10-11H2/b36-32+,37-33-. The van der Waals surface area contributed by atoms with E-state index in [-0.39, 0.29) is 45.8 Å². The molecule has 10 heteroatoms. The molecule has 0 saturated carbocycles. The van der Waals surface area contributed by atoms with Gasteiger partial charge in [0, 0.05) is 10.4 Å². The third-order valence-corrected chi connectivity index (χ3v) is 9.06. The minimum Gasteiger partial charge on any atom is -0.232 e. The summed E-state index contributed by atoms with van der Waals surface area (Å²) in [7, 11) is 0. The topological polar surface area (TPSA) is 84.4 Å². The van der Waals surface area contributed by atoms with Crippen molar-refractivity contribution in [1.29, 1.82) is 15.8 Å². The molecule has 0 heterocycles. The van der Waals surface area contributed by atoms with Gasteiger partial charge in [-0.1, -0.05) is 36.4 Å². The molecule has 0 bridgehead atoms. The number of benzene rings is 5. The fraction of sp³-hybridized carbons (Fsp3) is 0.0500. The van der Waals surface area contributed by atoms with E-state index in [9.17, 15) is 33.3 Å². The van der Waals surface area contributed by atoms with Crippen LogP contribution in [0, 0.1) is 77.0 Å². The highest BCUT2D eigenvalue weighted by Crippen LogP contribution is 2.47. The highest BCUT2D eigenvalue weighted by Gasteiger charge is 2.34. The number of rotatable bonds is 2. The number of hydrogen-bond donors (Lipinski definition) is 0. The first-order valence-corrected chi connectivity index (χ1v) is 14.7. The summed E-state index contributed by atoms with van der Waals surface area (Å²) in [4.78, 5) is 10.0. The highest BCUT2D eigenvalue weighted by atomic mass is 19.1. The third kappa shape index (κ3) is 4.35. The maximum atomic E-state index is 14.9. The number of nitrogens with zero attached hydrogens (tertiary/aromatic N) is 6. The summed E-state index contributed by atoms with van der Waals surface area (Å²) in [6, 6.07) is 19.7. The van der Waals surface area contributed by atoms with Gasteiger partial charge in [0.25, 0.3) is 17.1 Å². The number of halogens is 4. The molecule has 0 radical (unpaired) electrons. The van der Waals surface area contributed by atoms with Crippen molar-refractivity contribution in [3.8, 4) is 62.7 Å². The normalized spacial score (nSPS) is 12.8. The average molecular weight is 655 g/mol. The first kappa shape index (κ1) is 31.1. The zero-order chi connectivity index (χ0) is 35.4. The Hall–Kier alpha value is -7.50. The van der Waals surface area contributed by atoms with Crippen LogP contribution in [-0.4, -0.2) is 0 Å². The van der Waals surface area contributed by atoms with Gasteiger partial charge < -0.3 is 0 Å². The van der Waals surface area contributed by atoms with Crippen LogP contribution in [0.15, 0.2) is 60.7 Å². The number of fused-ring (bicyclic) bond motifs is 6. The zero-order valence-electron chi connectivity index (χ0n) is 25.4.